The van der Waals surface area contributed by atoms with Gasteiger partial charge >= 0.3 is 6.03 Å². The molecule has 0 aliphatic carbocycles. The molecular weight excluding hydrogens is 318 g/mol. The van der Waals surface area contributed by atoms with Crippen LogP contribution >= 0.6 is 0 Å². The lowest BCUT2D eigenvalue weighted by Gasteiger charge is -2.14. The monoisotopic (exact) mass is 339 g/mol. The number of nitrogens with one attached hydrogen (secondary N) is 2. The lowest BCUT2D eigenvalue weighted by Crippen LogP contribution is -2.32. The van der Waals surface area contributed by atoms with Crippen molar-refractivity contribution in [3.63, 3.8) is 0 Å². The van der Waals surface area contributed by atoms with Crippen LogP contribution in [0.2, 0.25) is 0 Å². The number of carbonyl (C=O) groups excluding carboxylic acids is 1. The van der Waals surface area contributed by atoms with Crippen molar-refractivity contribution in [1.82, 2.24) is 20.3 Å². The third-order valence-electron chi connectivity index (χ3n) is 4.02. The van der Waals surface area contributed by atoms with Gasteiger partial charge in [-0.3, -0.25) is 5.32 Å². The Morgan fingerprint density at radius 2 is 1.92 bits per heavy atom. The Bertz CT molecular complexity index is 863. The topological polar surface area (TPSA) is 85.0 Å². The maximum Gasteiger partial charge on any atom is 0.320 e. The Labute approximate surface area is 146 Å². The van der Waals surface area contributed by atoms with Gasteiger partial charge in [-0.2, -0.15) is 0 Å². The molecule has 2 N–H and O–H groups in total. The van der Waals surface area contributed by atoms with Gasteiger partial charge in [0.15, 0.2) is 5.82 Å². The number of hydrogen-bond acceptors (Lipinski definition) is 4. The molecule has 0 saturated carbocycles. The normalized spacial score (nSPS) is 12.0. The molecule has 1 aromatic carbocycles. The Balaban J connectivity index is 1.70. The second-order valence-corrected chi connectivity index (χ2v) is 6.00. The Hall–Kier alpha value is -3.09. The van der Waals surface area contributed by atoms with Crippen LogP contribution < -0.4 is 10.6 Å². The minimum absolute atomic E-state index is 0.220. The quantitative estimate of drug-likeness (QED) is 0.759. The molecule has 0 radical (unpaired) electrons. The van der Waals surface area contributed by atoms with Crippen LogP contribution in [0, 0.1) is 20.8 Å². The number of aromatic nitrogens is 3. The van der Waals surface area contributed by atoms with E-state index in [1.807, 2.05) is 64.2 Å². The summed E-state index contributed by atoms with van der Waals surface area (Å²) >= 11 is 0. The molecule has 0 fully saturated rings. The van der Waals surface area contributed by atoms with Gasteiger partial charge in [-0.05, 0) is 39.8 Å². The van der Waals surface area contributed by atoms with Crippen LogP contribution in [-0.4, -0.2) is 21.0 Å². The number of para-hydroxylation sites is 1. The van der Waals surface area contributed by atoms with Gasteiger partial charge in [-0.15, -0.1) is 5.10 Å². The summed E-state index contributed by atoms with van der Waals surface area (Å²) in [7, 11) is 0. The van der Waals surface area contributed by atoms with E-state index in [1.54, 1.807) is 4.68 Å². The van der Waals surface area contributed by atoms with E-state index < -0.39 is 0 Å². The highest BCUT2D eigenvalue weighted by molar-refractivity contribution is 5.89. The zero-order valence-electron chi connectivity index (χ0n) is 14.7. The molecule has 7 heteroatoms. The molecule has 2 aromatic heterocycles. The van der Waals surface area contributed by atoms with Gasteiger partial charge < -0.3 is 9.84 Å². The molecular formula is C18H21N5O2. The molecule has 1 atom stereocenters. The first-order chi connectivity index (χ1) is 12.0. The van der Waals surface area contributed by atoms with Crippen molar-refractivity contribution in [2.45, 2.75) is 33.7 Å². The predicted molar refractivity (Wildman–Crippen MR) is 94.8 cm³/mol. The van der Waals surface area contributed by atoms with Crippen molar-refractivity contribution in [3.05, 3.63) is 59.1 Å². The lowest BCUT2D eigenvalue weighted by atomic mass is 10.1. The van der Waals surface area contributed by atoms with Crippen LogP contribution in [0.3, 0.4) is 0 Å². The predicted octanol–water partition coefficient (Wildman–Crippen LogP) is 3.67. The van der Waals surface area contributed by atoms with E-state index in [0.717, 1.165) is 22.5 Å². The first-order valence-corrected chi connectivity index (χ1v) is 8.07. The number of carbonyl (C=O) groups is 1. The van der Waals surface area contributed by atoms with Crippen LogP contribution in [0.15, 0.2) is 41.1 Å². The van der Waals surface area contributed by atoms with E-state index in [1.165, 1.54) is 0 Å². The second-order valence-electron chi connectivity index (χ2n) is 6.00. The average Bonchev–Trinajstić information content (AvgIpc) is 3.11. The van der Waals surface area contributed by atoms with Crippen LogP contribution in [0.4, 0.5) is 10.6 Å². The fourth-order valence-corrected chi connectivity index (χ4v) is 2.82. The van der Waals surface area contributed by atoms with Gasteiger partial charge in [-0.25, -0.2) is 9.48 Å². The number of anilines is 1. The molecule has 0 aliphatic rings. The van der Waals surface area contributed by atoms with Gasteiger partial charge in [0, 0.05) is 17.3 Å². The lowest BCUT2D eigenvalue weighted by molar-refractivity contribution is 0.249. The van der Waals surface area contributed by atoms with Crippen LogP contribution in [0.25, 0.3) is 5.69 Å². The first kappa shape index (κ1) is 16.8. The smallest absolute Gasteiger partial charge is 0.320 e. The van der Waals surface area contributed by atoms with E-state index in [0.29, 0.717) is 11.6 Å². The molecule has 2 amide bonds. The number of urea groups is 1. The van der Waals surface area contributed by atoms with Crippen LogP contribution in [0.5, 0.6) is 0 Å². The summed E-state index contributed by atoms with van der Waals surface area (Å²) in [5.41, 5.74) is 3.48. The molecule has 0 spiro atoms. The number of benzene rings is 1. The second kappa shape index (κ2) is 6.80. The standard InChI is InChI=1S/C18H21N5O2/c1-11-10-23(15-8-6-5-7-9-15)21-17(11)20-18(24)19-12(2)16-13(3)22-25-14(16)4/h5-10,12H,1-4H3,(H2,19,20,21,24). The molecule has 3 rings (SSSR count). The number of rotatable bonds is 4. The Morgan fingerprint density at radius 3 is 2.56 bits per heavy atom. The van der Waals surface area contributed by atoms with E-state index in [4.69, 9.17) is 4.52 Å². The number of aryl methyl sites for hydroxylation is 3. The van der Waals surface area contributed by atoms with E-state index in [2.05, 4.69) is 20.9 Å². The first-order valence-electron chi connectivity index (χ1n) is 8.07. The molecule has 0 aliphatic heterocycles. The third-order valence-corrected chi connectivity index (χ3v) is 4.02. The van der Waals surface area contributed by atoms with Gasteiger partial charge in [-0.1, -0.05) is 23.4 Å². The van der Waals surface area contributed by atoms with Crippen LogP contribution in [0.1, 0.15) is 35.5 Å². The largest absolute Gasteiger partial charge is 0.361 e. The fourth-order valence-electron chi connectivity index (χ4n) is 2.82. The maximum atomic E-state index is 12.3. The number of nitrogens with zero attached hydrogens (tertiary/aromatic N) is 3. The minimum Gasteiger partial charge on any atom is -0.361 e. The highest BCUT2D eigenvalue weighted by Gasteiger charge is 2.19. The van der Waals surface area contributed by atoms with E-state index in [9.17, 15) is 4.79 Å². The Morgan fingerprint density at radius 1 is 1.20 bits per heavy atom. The van der Waals surface area contributed by atoms with E-state index >= 15 is 0 Å². The van der Waals surface area contributed by atoms with Crippen molar-refractivity contribution >= 4 is 11.8 Å². The number of hydrogen-bond donors (Lipinski definition) is 2. The maximum absolute atomic E-state index is 12.3. The third kappa shape index (κ3) is 3.55. The van der Waals surface area contributed by atoms with Crippen molar-refractivity contribution in [1.29, 1.82) is 0 Å². The van der Waals surface area contributed by atoms with Crippen molar-refractivity contribution in [2.24, 2.45) is 0 Å². The van der Waals surface area contributed by atoms with Gasteiger partial charge in [0.25, 0.3) is 0 Å². The summed E-state index contributed by atoms with van der Waals surface area (Å²) in [6.45, 7) is 7.48. The summed E-state index contributed by atoms with van der Waals surface area (Å²) in [5, 5.41) is 14.0. The van der Waals surface area contributed by atoms with Crippen molar-refractivity contribution in [3.8, 4) is 5.69 Å². The summed E-state index contributed by atoms with van der Waals surface area (Å²) in [5.74, 6) is 1.22. The van der Waals surface area contributed by atoms with Gasteiger partial charge in [0.1, 0.15) is 5.76 Å². The molecule has 0 bridgehead atoms. The average molecular weight is 339 g/mol. The Kier molecular flexibility index (Phi) is 4.56. The summed E-state index contributed by atoms with van der Waals surface area (Å²) in [6, 6.07) is 9.19. The molecule has 2 heterocycles. The van der Waals surface area contributed by atoms with Crippen LogP contribution in [-0.2, 0) is 0 Å². The van der Waals surface area contributed by atoms with Crippen molar-refractivity contribution in [2.75, 3.05) is 5.32 Å². The van der Waals surface area contributed by atoms with E-state index in [-0.39, 0.29) is 12.1 Å². The zero-order chi connectivity index (χ0) is 18.0. The zero-order valence-corrected chi connectivity index (χ0v) is 14.7. The molecule has 0 saturated heterocycles. The molecule has 3 aromatic rings. The molecule has 7 nitrogen and oxygen atoms in total. The molecule has 130 valence electrons. The molecule has 1 unspecified atom stereocenters. The summed E-state index contributed by atoms with van der Waals surface area (Å²) < 4.78 is 6.89. The fraction of sp³-hybridized carbons (Fsp3) is 0.278. The van der Waals surface area contributed by atoms with Crippen molar-refractivity contribution < 1.29 is 9.32 Å². The van der Waals surface area contributed by atoms with Gasteiger partial charge in [0.2, 0.25) is 0 Å². The summed E-state index contributed by atoms with van der Waals surface area (Å²) in [4.78, 5) is 12.3. The highest BCUT2D eigenvalue weighted by Crippen LogP contribution is 2.21. The highest BCUT2D eigenvalue weighted by atomic mass is 16.5. The SMILES string of the molecule is Cc1cn(-c2ccccc2)nc1NC(=O)NC(C)c1c(C)noc1C. The molecule has 25 heavy (non-hydrogen) atoms. The van der Waals surface area contributed by atoms with Gasteiger partial charge in [0.05, 0.1) is 17.4 Å². The minimum atomic E-state index is -0.325. The summed E-state index contributed by atoms with van der Waals surface area (Å²) in [6.07, 6.45) is 1.88. The number of amides is 2.